The zero-order chi connectivity index (χ0) is 20.7. The Morgan fingerprint density at radius 1 is 1.36 bits per heavy atom. The summed E-state index contributed by atoms with van der Waals surface area (Å²) < 4.78 is 0. The standard InChI is InChI=1S/C22H33N5O/c1-13(2)8-14-9-16(27-26-14)19(28)24-17-10-22(6,7)11-18-15(17)12-23-20(25-18)21(3,4)5/h9,12-13,17H,8,10-11H2,1-7H3,(H,24,28)(H,26,27). The maximum absolute atomic E-state index is 12.8. The second kappa shape index (κ2) is 7.30. The van der Waals surface area contributed by atoms with Crippen LogP contribution in [0.2, 0.25) is 0 Å². The lowest BCUT2D eigenvalue weighted by molar-refractivity contribution is 0.0913. The van der Waals surface area contributed by atoms with Gasteiger partial charge in [0.15, 0.2) is 0 Å². The number of fused-ring (bicyclic) bond motifs is 1. The van der Waals surface area contributed by atoms with Crippen molar-refractivity contribution in [2.75, 3.05) is 0 Å². The molecule has 28 heavy (non-hydrogen) atoms. The molecule has 0 aromatic carbocycles. The molecule has 0 radical (unpaired) electrons. The van der Waals surface area contributed by atoms with E-state index >= 15 is 0 Å². The Balaban J connectivity index is 1.84. The van der Waals surface area contributed by atoms with E-state index in [1.807, 2.05) is 12.3 Å². The molecule has 0 bridgehead atoms. The minimum absolute atomic E-state index is 0.0584. The highest BCUT2D eigenvalue weighted by Crippen LogP contribution is 2.40. The molecule has 0 saturated carbocycles. The van der Waals surface area contributed by atoms with Crippen LogP contribution < -0.4 is 5.32 Å². The molecular formula is C22H33N5O. The first-order valence-electron chi connectivity index (χ1n) is 10.2. The Morgan fingerprint density at radius 3 is 2.71 bits per heavy atom. The molecule has 2 aromatic rings. The highest BCUT2D eigenvalue weighted by atomic mass is 16.2. The van der Waals surface area contributed by atoms with Crippen molar-refractivity contribution in [2.24, 2.45) is 11.3 Å². The zero-order valence-electron chi connectivity index (χ0n) is 18.2. The van der Waals surface area contributed by atoms with Gasteiger partial charge in [0.2, 0.25) is 0 Å². The number of aromatic nitrogens is 4. The van der Waals surface area contributed by atoms with Gasteiger partial charge in [0.25, 0.3) is 5.91 Å². The molecular weight excluding hydrogens is 350 g/mol. The molecule has 2 aromatic heterocycles. The van der Waals surface area contributed by atoms with Crippen LogP contribution in [0, 0.1) is 11.3 Å². The highest BCUT2D eigenvalue weighted by Gasteiger charge is 2.35. The van der Waals surface area contributed by atoms with Crippen LogP contribution in [-0.4, -0.2) is 26.1 Å². The number of H-pyrrole nitrogens is 1. The molecule has 1 amide bonds. The van der Waals surface area contributed by atoms with Gasteiger partial charge in [-0.1, -0.05) is 48.5 Å². The Morgan fingerprint density at radius 2 is 2.07 bits per heavy atom. The van der Waals surface area contributed by atoms with Crippen LogP contribution >= 0.6 is 0 Å². The van der Waals surface area contributed by atoms with E-state index < -0.39 is 0 Å². The van der Waals surface area contributed by atoms with Gasteiger partial charge >= 0.3 is 0 Å². The number of carbonyl (C=O) groups is 1. The largest absolute Gasteiger partial charge is 0.344 e. The fourth-order valence-corrected chi connectivity index (χ4v) is 3.79. The molecule has 1 unspecified atom stereocenters. The van der Waals surface area contributed by atoms with E-state index in [1.165, 1.54) is 0 Å². The van der Waals surface area contributed by atoms with Crippen LogP contribution in [0.5, 0.6) is 0 Å². The van der Waals surface area contributed by atoms with Gasteiger partial charge in [0.1, 0.15) is 11.5 Å². The highest BCUT2D eigenvalue weighted by molar-refractivity contribution is 5.92. The summed E-state index contributed by atoms with van der Waals surface area (Å²) in [7, 11) is 0. The molecule has 1 atom stereocenters. The lowest BCUT2D eigenvalue weighted by Gasteiger charge is -2.37. The second-order valence-corrected chi connectivity index (χ2v) is 10.3. The third-order valence-electron chi connectivity index (χ3n) is 5.15. The monoisotopic (exact) mass is 383 g/mol. The molecule has 0 aliphatic heterocycles. The maximum Gasteiger partial charge on any atom is 0.272 e. The average Bonchev–Trinajstić information content (AvgIpc) is 3.00. The summed E-state index contributed by atoms with van der Waals surface area (Å²) in [6, 6.07) is 1.74. The van der Waals surface area contributed by atoms with Gasteiger partial charge in [-0.25, -0.2) is 9.97 Å². The van der Waals surface area contributed by atoms with Gasteiger partial charge in [-0.05, 0) is 36.7 Å². The molecule has 0 saturated heterocycles. The topological polar surface area (TPSA) is 83.6 Å². The van der Waals surface area contributed by atoms with Crippen LogP contribution in [0.15, 0.2) is 12.3 Å². The van der Waals surface area contributed by atoms with Crippen molar-refractivity contribution in [1.82, 2.24) is 25.5 Å². The molecule has 1 aliphatic carbocycles. The predicted octanol–water partition coefficient (Wildman–Crippen LogP) is 4.14. The third-order valence-corrected chi connectivity index (χ3v) is 5.15. The molecule has 2 heterocycles. The Labute approximate surface area is 168 Å². The first-order chi connectivity index (χ1) is 12.9. The van der Waals surface area contributed by atoms with Crippen molar-refractivity contribution in [3.05, 3.63) is 40.7 Å². The van der Waals surface area contributed by atoms with Gasteiger partial charge in [-0.2, -0.15) is 5.10 Å². The fourth-order valence-electron chi connectivity index (χ4n) is 3.79. The van der Waals surface area contributed by atoms with Crippen LogP contribution in [-0.2, 0) is 18.3 Å². The van der Waals surface area contributed by atoms with E-state index in [2.05, 4.69) is 69.0 Å². The van der Waals surface area contributed by atoms with Crippen molar-refractivity contribution in [2.45, 2.75) is 79.2 Å². The molecule has 0 fully saturated rings. The van der Waals surface area contributed by atoms with Crippen LogP contribution in [0.4, 0.5) is 0 Å². The number of aromatic amines is 1. The Hall–Kier alpha value is -2.24. The first kappa shape index (κ1) is 20.5. The van der Waals surface area contributed by atoms with Crippen LogP contribution in [0.25, 0.3) is 0 Å². The van der Waals surface area contributed by atoms with Gasteiger partial charge in [0.05, 0.1) is 6.04 Å². The lowest BCUT2D eigenvalue weighted by Crippen LogP contribution is -2.37. The van der Waals surface area contributed by atoms with Crippen LogP contribution in [0.1, 0.15) is 94.2 Å². The summed E-state index contributed by atoms with van der Waals surface area (Å²) in [6.45, 7) is 15.1. The number of nitrogens with zero attached hydrogens (tertiary/aromatic N) is 3. The molecule has 3 rings (SSSR count). The molecule has 152 valence electrons. The molecule has 1 aliphatic rings. The minimum Gasteiger partial charge on any atom is -0.344 e. The molecule has 6 heteroatoms. The lowest BCUT2D eigenvalue weighted by atomic mass is 9.74. The van der Waals surface area contributed by atoms with Crippen LogP contribution in [0.3, 0.4) is 0 Å². The number of hydrogen-bond acceptors (Lipinski definition) is 4. The predicted molar refractivity (Wildman–Crippen MR) is 110 cm³/mol. The summed E-state index contributed by atoms with van der Waals surface area (Å²) in [4.78, 5) is 22.3. The number of amides is 1. The zero-order valence-corrected chi connectivity index (χ0v) is 18.2. The van der Waals surface area contributed by atoms with Gasteiger partial charge < -0.3 is 5.32 Å². The van der Waals surface area contributed by atoms with Crippen molar-refractivity contribution in [3.8, 4) is 0 Å². The van der Waals surface area contributed by atoms with E-state index in [9.17, 15) is 4.79 Å². The summed E-state index contributed by atoms with van der Waals surface area (Å²) >= 11 is 0. The Kier molecular flexibility index (Phi) is 5.34. The number of carbonyl (C=O) groups excluding carboxylic acids is 1. The number of rotatable bonds is 4. The van der Waals surface area contributed by atoms with Crippen molar-refractivity contribution in [3.63, 3.8) is 0 Å². The van der Waals surface area contributed by atoms with E-state index in [4.69, 9.17) is 4.98 Å². The number of hydrogen-bond donors (Lipinski definition) is 2. The van der Waals surface area contributed by atoms with Crippen molar-refractivity contribution >= 4 is 5.91 Å². The quantitative estimate of drug-likeness (QED) is 0.831. The molecule has 6 nitrogen and oxygen atoms in total. The second-order valence-electron chi connectivity index (χ2n) is 10.3. The number of nitrogens with one attached hydrogen (secondary N) is 2. The van der Waals surface area contributed by atoms with E-state index in [1.54, 1.807) is 0 Å². The summed E-state index contributed by atoms with van der Waals surface area (Å²) in [5, 5.41) is 10.4. The Bertz CT molecular complexity index is 860. The smallest absolute Gasteiger partial charge is 0.272 e. The minimum atomic E-state index is -0.153. The van der Waals surface area contributed by atoms with Crippen molar-refractivity contribution in [1.29, 1.82) is 0 Å². The maximum atomic E-state index is 12.8. The molecule has 0 spiro atoms. The third kappa shape index (κ3) is 4.59. The van der Waals surface area contributed by atoms with Gasteiger partial charge in [-0.15, -0.1) is 0 Å². The fraction of sp³-hybridized carbons (Fsp3) is 0.636. The van der Waals surface area contributed by atoms with E-state index in [0.717, 1.165) is 42.0 Å². The summed E-state index contributed by atoms with van der Waals surface area (Å²) in [5.41, 5.74) is 3.46. The van der Waals surface area contributed by atoms with E-state index in [0.29, 0.717) is 11.6 Å². The van der Waals surface area contributed by atoms with E-state index in [-0.39, 0.29) is 22.8 Å². The normalized spacial score (nSPS) is 18.8. The first-order valence-corrected chi connectivity index (χ1v) is 10.2. The average molecular weight is 384 g/mol. The van der Waals surface area contributed by atoms with Gasteiger partial charge in [-0.3, -0.25) is 9.89 Å². The summed E-state index contributed by atoms with van der Waals surface area (Å²) in [6.07, 6.45) is 4.52. The van der Waals surface area contributed by atoms with Crippen molar-refractivity contribution < 1.29 is 4.79 Å². The van der Waals surface area contributed by atoms with Gasteiger partial charge in [0, 0.05) is 28.6 Å². The molecule has 2 N–H and O–H groups in total. The SMILES string of the molecule is CC(C)Cc1cc(C(=O)NC2CC(C)(C)Cc3nc(C(C)(C)C)ncc32)n[nH]1. The summed E-state index contributed by atoms with van der Waals surface area (Å²) in [5.74, 6) is 1.20.